The van der Waals surface area contributed by atoms with E-state index in [2.05, 4.69) is 16.8 Å². The van der Waals surface area contributed by atoms with Gasteiger partial charge in [0.15, 0.2) is 0 Å². The molecule has 3 aliphatic rings. The van der Waals surface area contributed by atoms with Crippen LogP contribution in [0, 0.1) is 5.92 Å². The summed E-state index contributed by atoms with van der Waals surface area (Å²) in [7, 11) is 2.33. The average Bonchev–Trinajstić information content (AvgIpc) is 2.48. The first kappa shape index (κ1) is 15.8. The molecule has 2 aliphatic heterocycles. The molecule has 0 amide bonds. The zero-order chi connectivity index (χ0) is 14.7. The van der Waals surface area contributed by atoms with Gasteiger partial charge in [0, 0.05) is 31.2 Å². The Bertz CT molecular complexity index is 322. The molecule has 0 aromatic rings. The molecule has 0 aromatic heterocycles. The molecule has 2 atom stereocenters. The van der Waals surface area contributed by atoms with Gasteiger partial charge in [0.05, 0.1) is 0 Å². The van der Waals surface area contributed by atoms with Crippen molar-refractivity contribution in [2.45, 2.75) is 75.8 Å². The van der Waals surface area contributed by atoms with E-state index in [0.717, 1.165) is 18.5 Å². The monoisotopic (exact) mass is 293 g/mol. The van der Waals surface area contributed by atoms with Crippen LogP contribution in [0.5, 0.6) is 0 Å². The Morgan fingerprint density at radius 1 is 0.952 bits per heavy atom. The number of rotatable bonds is 2. The average molecular weight is 293 g/mol. The molecule has 3 heteroatoms. The fraction of sp³-hybridized carbons (Fsp3) is 1.00. The molecule has 122 valence electrons. The van der Waals surface area contributed by atoms with Crippen LogP contribution in [0.2, 0.25) is 0 Å². The summed E-state index contributed by atoms with van der Waals surface area (Å²) in [5.74, 6) is 0.895. The van der Waals surface area contributed by atoms with Crippen molar-refractivity contribution >= 4 is 0 Å². The molecule has 2 heterocycles. The van der Waals surface area contributed by atoms with E-state index < -0.39 is 0 Å². The highest BCUT2D eigenvalue weighted by molar-refractivity contribution is 4.98. The zero-order valence-corrected chi connectivity index (χ0v) is 14.0. The minimum absolute atomic E-state index is 0.335. The molecule has 3 rings (SSSR count). The van der Waals surface area contributed by atoms with Gasteiger partial charge >= 0.3 is 0 Å². The van der Waals surface area contributed by atoms with Gasteiger partial charge in [-0.3, -0.25) is 4.90 Å². The lowest BCUT2D eigenvalue weighted by Crippen LogP contribution is -2.61. The molecule has 2 saturated heterocycles. The maximum absolute atomic E-state index is 6.33. The Balaban J connectivity index is 1.69. The van der Waals surface area contributed by atoms with Crippen LogP contribution in [0.1, 0.15) is 64.2 Å². The number of nitrogens with two attached hydrogens (primary N) is 1. The van der Waals surface area contributed by atoms with Gasteiger partial charge < -0.3 is 10.6 Å². The minimum Gasteiger partial charge on any atom is -0.329 e. The van der Waals surface area contributed by atoms with Crippen molar-refractivity contribution in [3.63, 3.8) is 0 Å². The Morgan fingerprint density at radius 3 is 2.38 bits per heavy atom. The number of hydrogen-bond donors (Lipinski definition) is 1. The van der Waals surface area contributed by atoms with Crippen LogP contribution >= 0.6 is 0 Å². The minimum atomic E-state index is 0.335. The van der Waals surface area contributed by atoms with Gasteiger partial charge in [0.2, 0.25) is 0 Å². The summed E-state index contributed by atoms with van der Waals surface area (Å²) in [6, 6.07) is 0.846. The summed E-state index contributed by atoms with van der Waals surface area (Å²) in [5.41, 5.74) is 6.67. The molecule has 2 unspecified atom stereocenters. The van der Waals surface area contributed by atoms with E-state index in [9.17, 15) is 0 Å². The largest absolute Gasteiger partial charge is 0.329 e. The highest BCUT2D eigenvalue weighted by Gasteiger charge is 2.42. The first-order chi connectivity index (χ1) is 10.2. The van der Waals surface area contributed by atoms with Crippen LogP contribution in [0.4, 0.5) is 0 Å². The Hall–Kier alpha value is -0.120. The van der Waals surface area contributed by atoms with Crippen LogP contribution in [0.25, 0.3) is 0 Å². The summed E-state index contributed by atoms with van der Waals surface area (Å²) in [6.45, 7) is 4.78. The lowest BCUT2D eigenvalue weighted by atomic mass is 9.77. The van der Waals surface area contributed by atoms with E-state index in [0.29, 0.717) is 5.54 Å². The first-order valence-corrected chi connectivity index (χ1v) is 9.40. The van der Waals surface area contributed by atoms with E-state index in [1.165, 1.54) is 83.8 Å². The summed E-state index contributed by atoms with van der Waals surface area (Å²) < 4.78 is 0. The summed E-state index contributed by atoms with van der Waals surface area (Å²) in [4.78, 5) is 5.46. The number of hydrogen-bond acceptors (Lipinski definition) is 3. The number of nitrogens with zero attached hydrogens (tertiary/aromatic N) is 2. The maximum Gasteiger partial charge on any atom is 0.0331 e. The van der Waals surface area contributed by atoms with Gasteiger partial charge in [-0.15, -0.1) is 0 Å². The second-order valence-corrected chi connectivity index (χ2v) is 7.88. The molecule has 2 N–H and O–H groups in total. The molecule has 0 spiro atoms. The van der Waals surface area contributed by atoms with Crippen LogP contribution in [0.3, 0.4) is 0 Å². The first-order valence-electron chi connectivity index (χ1n) is 9.40. The second-order valence-electron chi connectivity index (χ2n) is 7.88. The molecule has 21 heavy (non-hydrogen) atoms. The van der Waals surface area contributed by atoms with Gasteiger partial charge in [-0.05, 0) is 51.6 Å². The smallest absolute Gasteiger partial charge is 0.0331 e. The maximum atomic E-state index is 6.33. The number of piperidine rings is 2. The summed E-state index contributed by atoms with van der Waals surface area (Å²) in [5, 5.41) is 0. The lowest BCUT2D eigenvalue weighted by Gasteiger charge is -2.53. The number of likely N-dealkylation sites (tertiary alicyclic amines) is 2. The molecule has 3 fully saturated rings. The van der Waals surface area contributed by atoms with Crippen molar-refractivity contribution in [3.05, 3.63) is 0 Å². The van der Waals surface area contributed by atoms with Gasteiger partial charge in [-0.1, -0.05) is 32.1 Å². The molecule has 0 aromatic carbocycles. The second kappa shape index (κ2) is 6.97. The third-order valence-electron chi connectivity index (χ3n) is 6.68. The zero-order valence-electron chi connectivity index (χ0n) is 14.0. The fourth-order valence-electron chi connectivity index (χ4n) is 5.30. The van der Waals surface area contributed by atoms with Crippen molar-refractivity contribution in [1.82, 2.24) is 9.80 Å². The fourth-order valence-corrected chi connectivity index (χ4v) is 5.30. The van der Waals surface area contributed by atoms with Gasteiger partial charge in [0.25, 0.3) is 0 Å². The molecule has 0 bridgehead atoms. The molecule has 1 saturated carbocycles. The molecular formula is C18H35N3. The van der Waals surface area contributed by atoms with E-state index in [4.69, 9.17) is 5.73 Å². The molecule has 3 nitrogen and oxygen atoms in total. The van der Waals surface area contributed by atoms with E-state index in [1.807, 2.05) is 0 Å². The van der Waals surface area contributed by atoms with Crippen molar-refractivity contribution < 1.29 is 0 Å². The van der Waals surface area contributed by atoms with Crippen LogP contribution < -0.4 is 5.73 Å². The SMILES string of the molecule is CN1CCCC2CN(C3(CN)CCCCCCC3)CCC21. The molecule has 0 radical (unpaired) electrons. The predicted molar refractivity (Wildman–Crippen MR) is 89.4 cm³/mol. The van der Waals surface area contributed by atoms with Crippen LogP contribution in [-0.2, 0) is 0 Å². The summed E-state index contributed by atoms with van der Waals surface area (Å²) >= 11 is 0. The van der Waals surface area contributed by atoms with E-state index in [1.54, 1.807) is 0 Å². The third kappa shape index (κ3) is 3.30. The molecular weight excluding hydrogens is 258 g/mol. The quantitative estimate of drug-likeness (QED) is 0.850. The van der Waals surface area contributed by atoms with Crippen LogP contribution in [0.15, 0.2) is 0 Å². The van der Waals surface area contributed by atoms with Crippen molar-refractivity contribution in [2.75, 3.05) is 33.2 Å². The van der Waals surface area contributed by atoms with Gasteiger partial charge in [0.1, 0.15) is 0 Å². The number of fused-ring (bicyclic) bond motifs is 1. The van der Waals surface area contributed by atoms with Crippen LogP contribution in [-0.4, -0.2) is 54.6 Å². The predicted octanol–water partition coefficient (Wildman–Crippen LogP) is 2.84. The highest BCUT2D eigenvalue weighted by atomic mass is 15.3. The van der Waals surface area contributed by atoms with E-state index in [-0.39, 0.29) is 0 Å². The van der Waals surface area contributed by atoms with Gasteiger partial charge in [-0.25, -0.2) is 0 Å². The lowest BCUT2D eigenvalue weighted by molar-refractivity contribution is -0.0240. The normalized spacial score (nSPS) is 35.7. The van der Waals surface area contributed by atoms with Gasteiger partial charge in [-0.2, -0.15) is 0 Å². The topological polar surface area (TPSA) is 32.5 Å². The standard InChI is InChI=1S/C18H35N3/c1-20-12-7-8-16-14-21(13-9-17(16)20)18(15-19)10-5-3-2-4-6-11-18/h16-17H,2-15,19H2,1H3. The Morgan fingerprint density at radius 2 is 1.67 bits per heavy atom. The summed E-state index contributed by atoms with van der Waals surface area (Å²) in [6.07, 6.45) is 13.9. The Labute approximate surface area is 131 Å². The third-order valence-corrected chi connectivity index (χ3v) is 6.68. The Kier molecular flexibility index (Phi) is 5.23. The van der Waals surface area contributed by atoms with E-state index >= 15 is 0 Å². The van der Waals surface area contributed by atoms with Crippen molar-refractivity contribution in [1.29, 1.82) is 0 Å². The van der Waals surface area contributed by atoms with Crippen molar-refractivity contribution in [2.24, 2.45) is 11.7 Å². The molecule has 1 aliphatic carbocycles. The highest BCUT2D eigenvalue weighted by Crippen LogP contribution is 2.37. The van der Waals surface area contributed by atoms with Crippen molar-refractivity contribution in [3.8, 4) is 0 Å².